The maximum absolute atomic E-state index is 9.23. The molecule has 1 rings (SSSR count). The van der Waals surface area contributed by atoms with E-state index in [0.717, 1.165) is 12.8 Å². The Morgan fingerprint density at radius 2 is 1.64 bits per heavy atom. The molecule has 0 aromatic heterocycles. The van der Waals surface area contributed by atoms with Crippen LogP contribution in [0.1, 0.15) is 35.6 Å². The number of rotatable bonds is 3. The standard InChI is InChI=1S/C13H20O/c1-9-7-11(3)13(8-10(9)2)6-5-12(4)14/h7-8,12,14H,5-6H2,1-4H3. The lowest BCUT2D eigenvalue weighted by Gasteiger charge is -2.10. The first-order valence-electron chi connectivity index (χ1n) is 5.25. The van der Waals surface area contributed by atoms with Crippen LogP contribution in [0.25, 0.3) is 0 Å². The topological polar surface area (TPSA) is 20.2 Å². The zero-order valence-electron chi connectivity index (χ0n) is 9.59. The van der Waals surface area contributed by atoms with Crippen molar-refractivity contribution in [3.63, 3.8) is 0 Å². The van der Waals surface area contributed by atoms with Crippen LogP contribution in [0.3, 0.4) is 0 Å². The van der Waals surface area contributed by atoms with Gasteiger partial charge in [-0.3, -0.25) is 0 Å². The van der Waals surface area contributed by atoms with Gasteiger partial charge < -0.3 is 5.11 Å². The van der Waals surface area contributed by atoms with E-state index in [-0.39, 0.29) is 6.10 Å². The van der Waals surface area contributed by atoms with Gasteiger partial charge in [-0.25, -0.2) is 0 Å². The highest BCUT2D eigenvalue weighted by atomic mass is 16.3. The minimum absolute atomic E-state index is 0.198. The third-order valence-corrected chi connectivity index (χ3v) is 2.78. The first-order chi connectivity index (χ1) is 6.50. The predicted molar refractivity (Wildman–Crippen MR) is 60.7 cm³/mol. The number of aliphatic hydroxyl groups is 1. The lowest BCUT2D eigenvalue weighted by molar-refractivity contribution is 0.185. The van der Waals surface area contributed by atoms with Gasteiger partial charge in [0, 0.05) is 0 Å². The SMILES string of the molecule is Cc1cc(C)c(CCC(C)O)cc1C. The van der Waals surface area contributed by atoms with Crippen molar-refractivity contribution in [3.05, 3.63) is 34.4 Å². The molecule has 0 aliphatic rings. The Hall–Kier alpha value is -0.820. The van der Waals surface area contributed by atoms with E-state index in [1.165, 1.54) is 22.3 Å². The van der Waals surface area contributed by atoms with Crippen LogP contribution in [0.2, 0.25) is 0 Å². The van der Waals surface area contributed by atoms with E-state index < -0.39 is 0 Å². The molecule has 1 unspecified atom stereocenters. The Morgan fingerprint density at radius 3 is 2.21 bits per heavy atom. The molecule has 0 fully saturated rings. The summed E-state index contributed by atoms with van der Waals surface area (Å²) in [5.41, 5.74) is 5.40. The molecule has 0 spiro atoms. The molecule has 78 valence electrons. The molecule has 1 aromatic rings. The van der Waals surface area contributed by atoms with E-state index in [1.54, 1.807) is 0 Å². The molecule has 0 heterocycles. The molecule has 1 nitrogen and oxygen atoms in total. The smallest absolute Gasteiger partial charge is 0.0515 e. The second kappa shape index (κ2) is 4.61. The van der Waals surface area contributed by atoms with Crippen LogP contribution in [-0.2, 0) is 6.42 Å². The average molecular weight is 192 g/mol. The third-order valence-electron chi connectivity index (χ3n) is 2.78. The highest BCUT2D eigenvalue weighted by Crippen LogP contribution is 2.17. The van der Waals surface area contributed by atoms with Crippen LogP contribution in [0.15, 0.2) is 12.1 Å². The van der Waals surface area contributed by atoms with Gasteiger partial charge in [-0.15, -0.1) is 0 Å². The van der Waals surface area contributed by atoms with Gasteiger partial charge in [-0.1, -0.05) is 12.1 Å². The summed E-state index contributed by atoms with van der Waals surface area (Å²) < 4.78 is 0. The van der Waals surface area contributed by atoms with Crippen molar-refractivity contribution < 1.29 is 5.11 Å². The number of hydrogen-bond donors (Lipinski definition) is 1. The second-order valence-corrected chi connectivity index (χ2v) is 4.25. The summed E-state index contributed by atoms with van der Waals surface area (Å²) in [6.45, 7) is 8.27. The molecular formula is C13H20O. The van der Waals surface area contributed by atoms with Crippen molar-refractivity contribution in [2.24, 2.45) is 0 Å². The summed E-state index contributed by atoms with van der Waals surface area (Å²) in [5.74, 6) is 0. The summed E-state index contributed by atoms with van der Waals surface area (Å²) in [6.07, 6.45) is 1.63. The van der Waals surface area contributed by atoms with E-state index in [4.69, 9.17) is 0 Å². The lowest BCUT2D eigenvalue weighted by Crippen LogP contribution is -2.03. The zero-order chi connectivity index (χ0) is 10.7. The van der Waals surface area contributed by atoms with E-state index in [9.17, 15) is 5.11 Å². The first kappa shape index (κ1) is 11.3. The van der Waals surface area contributed by atoms with Crippen molar-refractivity contribution >= 4 is 0 Å². The second-order valence-electron chi connectivity index (χ2n) is 4.25. The van der Waals surface area contributed by atoms with Gasteiger partial charge in [0.2, 0.25) is 0 Å². The molecule has 0 aliphatic heterocycles. The van der Waals surface area contributed by atoms with Gasteiger partial charge in [-0.05, 0) is 62.8 Å². The largest absolute Gasteiger partial charge is 0.393 e. The summed E-state index contributed by atoms with van der Waals surface area (Å²) in [7, 11) is 0. The highest BCUT2D eigenvalue weighted by Gasteiger charge is 2.03. The molecule has 1 N–H and O–H groups in total. The van der Waals surface area contributed by atoms with Gasteiger partial charge >= 0.3 is 0 Å². The maximum Gasteiger partial charge on any atom is 0.0515 e. The van der Waals surface area contributed by atoms with Crippen LogP contribution < -0.4 is 0 Å². The Kier molecular flexibility index (Phi) is 3.70. The average Bonchev–Trinajstić information content (AvgIpc) is 2.09. The minimum Gasteiger partial charge on any atom is -0.393 e. The van der Waals surface area contributed by atoms with Crippen LogP contribution in [0, 0.1) is 20.8 Å². The van der Waals surface area contributed by atoms with Gasteiger partial charge in [0.05, 0.1) is 6.10 Å². The van der Waals surface area contributed by atoms with Gasteiger partial charge in [0.25, 0.3) is 0 Å². The van der Waals surface area contributed by atoms with Crippen molar-refractivity contribution in [3.8, 4) is 0 Å². The Morgan fingerprint density at radius 1 is 1.07 bits per heavy atom. The van der Waals surface area contributed by atoms with Crippen LogP contribution in [-0.4, -0.2) is 11.2 Å². The molecule has 1 atom stereocenters. The third kappa shape index (κ3) is 2.85. The number of benzene rings is 1. The minimum atomic E-state index is -0.198. The van der Waals surface area contributed by atoms with Crippen molar-refractivity contribution in [2.75, 3.05) is 0 Å². The molecule has 0 saturated carbocycles. The molecular weight excluding hydrogens is 172 g/mol. The molecule has 0 aliphatic carbocycles. The van der Waals surface area contributed by atoms with E-state index in [0.29, 0.717) is 0 Å². The van der Waals surface area contributed by atoms with Crippen LogP contribution in [0.4, 0.5) is 0 Å². The number of aliphatic hydroxyl groups excluding tert-OH is 1. The van der Waals surface area contributed by atoms with Crippen molar-refractivity contribution in [1.82, 2.24) is 0 Å². The Labute approximate surface area is 86.8 Å². The summed E-state index contributed by atoms with van der Waals surface area (Å²) in [5, 5.41) is 9.23. The molecule has 1 aromatic carbocycles. The van der Waals surface area contributed by atoms with Crippen molar-refractivity contribution in [1.29, 1.82) is 0 Å². The quantitative estimate of drug-likeness (QED) is 0.780. The fourth-order valence-corrected chi connectivity index (χ4v) is 1.65. The van der Waals surface area contributed by atoms with Crippen LogP contribution >= 0.6 is 0 Å². The fourth-order valence-electron chi connectivity index (χ4n) is 1.65. The highest BCUT2D eigenvalue weighted by molar-refractivity contribution is 5.36. The first-order valence-corrected chi connectivity index (χ1v) is 5.25. The molecule has 0 amide bonds. The summed E-state index contributed by atoms with van der Waals surface area (Å²) in [6, 6.07) is 4.47. The molecule has 1 heteroatoms. The maximum atomic E-state index is 9.23. The normalized spacial score (nSPS) is 12.9. The molecule has 0 radical (unpaired) electrons. The van der Waals surface area contributed by atoms with Gasteiger partial charge in [0.1, 0.15) is 0 Å². The summed E-state index contributed by atoms with van der Waals surface area (Å²) in [4.78, 5) is 0. The van der Waals surface area contributed by atoms with Gasteiger partial charge in [0.15, 0.2) is 0 Å². The van der Waals surface area contributed by atoms with Crippen molar-refractivity contribution in [2.45, 2.75) is 46.6 Å². The fraction of sp³-hybridized carbons (Fsp3) is 0.538. The predicted octanol–water partition coefficient (Wildman–Crippen LogP) is 2.93. The van der Waals surface area contributed by atoms with E-state index in [2.05, 4.69) is 32.9 Å². The Bertz CT molecular complexity index is 313. The Balaban J connectivity index is 2.82. The molecule has 0 saturated heterocycles. The zero-order valence-corrected chi connectivity index (χ0v) is 9.59. The lowest BCUT2D eigenvalue weighted by atomic mass is 9.97. The molecule has 0 bridgehead atoms. The van der Waals surface area contributed by atoms with Crippen LogP contribution in [0.5, 0.6) is 0 Å². The van der Waals surface area contributed by atoms with E-state index in [1.807, 2.05) is 6.92 Å². The van der Waals surface area contributed by atoms with Gasteiger partial charge in [-0.2, -0.15) is 0 Å². The number of aryl methyl sites for hydroxylation is 4. The summed E-state index contributed by atoms with van der Waals surface area (Å²) >= 11 is 0. The number of hydrogen-bond acceptors (Lipinski definition) is 1. The molecule has 14 heavy (non-hydrogen) atoms. The monoisotopic (exact) mass is 192 g/mol. The van der Waals surface area contributed by atoms with E-state index >= 15 is 0 Å².